The number of halogens is 4. The Hall–Kier alpha value is -3.02. The van der Waals surface area contributed by atoms with Gasteiger partial charge in [0.05, 0.1) is 16.0 Å². The number of fused-ring (bicyclic) bond motifs is 1. The first-order valence-electron chi connectivity index (χ1n) is 9.81. The molecule has 0 aromatic carbocycles. The second-order valence-corrected chi connectivity index (χ2v) is 8.28. The van der Waals surface area contributed by atoms with E-state index in [1.165, 1.54) is 23.2 Å². The highest BCUT2D eigenvalue weighted by atomic mass is 32.1. The van der Waals surface area contributed by atoms with Crippen LogP contribution in [0.3, 0.4) is 0 Å². The minimum atomic E-state index is -3.04. The predicted molar refractivity (Wildman–Crippen MR) is 109 cm³/mol. The smallest absolute Gasteiger partial charge is 0.280 e. The maximum absolute atomic E-state index is 13.5. The highest BCUT2D eigenvalue weighted by Gasteiger charge is 2.28. The van der Waals surface area contributed by atoms with Crippen molar-refractivity contribution in [2.24, 2.45) is 0 Å². The number of hydrogen-bond acceptors (Lipinski definition) is 5. The van der Waals surface area contributed by atoms with Gasteiger partial charge in [0.2, 0.25) is 5.91 Å². The molecule has 0 spiro atoms. The van der Waals surface area contributed by atoms with Crippen molar-refractivity contribution in [1.82, 2.24) is 24.6 Å². The Morgan fingerprint density at radius 3 is 2.38 bits per heavy atom. The van der Waals surface area contributed by atoms with Crippen molar-refractivity contribution in [3.05, 3.63) is 45.4 Å². The van der Waals surface area contributed by atoms with Crippen molar-refractivity contribution in [3.63, 3.8) is 0 Å². The molecule has 4 rings (SSSR count). The van der Waals surface area contributed by atoms with Gasteiger partial charge < -0.3 is 9.80 Å². The summed E-state index contributed by atoms with van der Waals surface area (Å²) >= 11 is 1.35. The number of hydrogen-bond donors (Lipinski definition) is 0. The second-order valence-electron chi connectivity index (χ2n) is 7.33. The summed E-state index contributed by atoms with van der Waals surface area (Å²) in [6.45, 7) is 2.44. The number of rotatable bonds is 5. The van der Waals surface area contributed by atoms with Crippen LogP contribution in [-0.2, 0) is 11.3 Å². The molecule has 0 radical (unpaired) electrons. The lowest BCUT2D eigenvalue weighted by molar-refractivity contribution is -0.133. The van der Waals surface area contributed by atoms with E-state index in [0.29, 0.717) is 37.1 Å². The number of carbonyl (C=O) groups excluding carboxylic acids is 2. The van der Waals surface area contributed by atoms with Gasteiger partial charge in [0, 0.05) is 31.7 Å². The molecular weight excluding hydrogens is 450 g/mol. The molecule has 32 heavy (non-hydrogen) atoms. The van der Waals surface area contributed by atoms with Crippen molar-refractivity contribution in [1.29, 1.82) is 0 Å². The summed E-state index contributed by atoms with van der Waals surface area (Å²) in [5, 5.41) is 5.90. The lowest BCUT2D eigenvalue weighted by Gasteiger charge is -2.34. The van der Waals surface area contributed by atoms with Gasteiger partial charge in [-0.1, -0.05) is 6.07 Å². The monoisotopic (exact) mass is 469 g/mol. The van der Waals surface area contributed by atoms with E-state index in [9.17, 15) is 27.2 Å². The fourth-order valence-corrected chi connectivity index (χ4v) is 4.44. The zero-order chi connectivity index (χ0) is 23.0. The summed E-state index contributed by atoms with van der Waals surface area (Å²) in [5.74, 6) is -0.454. The summed E-state index contributed by atoms with van der Waals surface area (Å²) in [7, 11) is 0. The number of piperazine rings is 1. The summed E-state index contributed by atoms with van der Waals surface area (Å²) in [6, 6.07) is 4.22. The van der Waals surface area contributed by atoms with Crippen LogP contribution in [0.25, 0.3) is 11.0 Å². The summed E-state index contributed by atoms with van der Waals surface area (Å²) in [4.78, 5) is 32.9. The van der Waals surface area contributed by atoms with E-state index in [2.05, 4.69) is 10.1 Å². The largest absolute Gasteiger partial charge is 0.338 e. The quantitative estimate of drug-likeness (QED) is 0.535. The molecule has 3 aromatic heterocycles. The van der Waals surface area contributed by atoms with Gasteiger partial charge in [0.15, 0.2) is 5.65 Å². The van der Waals surface area contributed by atoms with Crippen molar-refractivity contribution in [2.45, 2.75) is 26.3 Å². The molecule has 0 aliphatic carbocycles. The van der Waals surface area contributed by atoms with E-state index in [1.807, 2.05) is 5.38 Å². The first-order chi connectivity index (χ1) is 15.3. The normalized spacial score (nSPS) is 14.7. The number of pyridine rings is 1. The van der Waals surface area contributed by atoms with Gasteiger partial charge in [0.25, 0.3) is 18.8 Å². The number of thiophene rings is 1. The highest BCUT2D eigenvalue weighted by Crippen LogP contribution is 2.32. The molecule has 0 saturated carbocycles. The molecule has 1 fully saturated rings. The minimum absolute atomic E-state index is 0.0245. The Balaban J connectivity index is 1.51. The molecule has 170 valence electrons. The molecule has 0 N–H and O–H groups in total. The van der Waals surface area contributed by atoms with E-state index in [1.54, 1.807) is 17.0 Å². The molecule has 1 saturated heterocycles. The number of alkyl halides is 4. The molecule has 3 aromatic rings. The highest BCUT2D eigenvalue weighted by molar-refractivity contribution is 7.12. The summed E-state index contributed by atoms with van der Waals surface area (Å²) in [5.41, 5.74) is -1.36. The first kappa shape index (κ1) is 22.2. The van der Waals surface area contributed by atoms with Crippen molar-refractivity contribution in [2.75, 3.05) is 26.2 Å². The molecule has 2 amide bonds. The molecule has 12 heteroatoms. The SMILES string of the molecule is Cc1nn(CC(=O)N2CCN(C(=O)c3cccs3)CC2)c2nc(C(F)F)cc(C(F)F)c12. The second kappa shape index (κ2) is 8.85. The van der Waals surface area contributed by atoms with Crippen LogP contribution in [0.15, 0.2) is 23.6 Å². The summed E-state index contributed by atoms with van der Waals surface area (Å²) < 4.78 is 54.4. The van der Waals surface area contributed by atoms with Gasteiger partial charge in [-0.05, 0) is 24.4 Å². The molecule has 7 nitrogen and oxygen atoms in total. The Morgan fingerprint density at radius 1 is 1.09 bits per heavy atom. The predicted octanol–water partition coefficient (Wildman–Crippen LogP) is 3.66. The Morgan fingerprint density at radius 2 is 1.78 bits per heavy atom. The summed E-state index contributed by atoms with van der Waals surface area (Å²) in [6.07, 6.45) is -6.02. The van der Waals surface area contributed by atoms with Crippen LogP contribution in [-0.4, -0.2) is 62.6 Å². The Bertz CT molecular complexity index is 1140. The standard InChI is InChI=1S/C20H19F4N5O2S/c1-11-16-12(17(21)22)9-13(18(23)24)25-19(16)29(26-11)10-15(30)27-4-6-28(7-5-27)20(31)14-3-2-8-32-14/h2-3,8-9,17-18H,4-7,10H2,1H3. The van der Waals surface area contributed by atoms with Gasteiger partial charge in [-0.2, -0.15) is 5.10 Å². The number of amides is 2. The third-order valence-corrected chi connectivity index (χ3v) is 6.18. The van der Waals surface area contributed by atoms with Crippen LogP contribution in [0, 0.1) is 6.92 Å². The van der Waals surface area contributed by atoms with Crippen molar-refractivity contribution < 1.29 is 27.2 Å². The minimum Gasteiger partial charge on any atom is -0.338 e. The fraction of sp³-hybridized carbons (Fsp3) is 0.400. The van der Waals surface area contributed by atoms with Crippen molar-refractivity contribution >= 4 is 34.2 Å². The van der Waals surface area contributed by atoms with Crippen LogP contribution in [0.1, 0.15) is 39.5 Å². The first-order valence-corrected chi connectivity index (χ1v) is 10.7. The molecule has 4 heterocycles. The molecule has 1 aliphatic heterocycles. The number of carbonyl (C=O) groups is 2. The lowest BCUT2D eigenvalue weighted by Crippen LogP contribution is -2.51. The molecule has 0 unspecified atom stereocenters. The van der Waals surface area contributed by atoms with E-state index in [-0.39, 0.29) is 35.1 Å². The fourth-order valence-electron chi connectivity index (χ4n) is 3.74. The topological polar surface area (TPSA) is 71.3 Å². The van der Waals surface area contributed by atoms with Gasteiger partial charge in [-0.3, -0.25) is 9.59 Å². The van der Waals surface area contributed by atoms with E-state index in [0.717, 1.165) is 4.68 Å². The van der Waals surface area contributed by atoms with E-state index >= 15 is 0 Å². The third-order valence-electron chi connectivity index (χ3n) is 5.32. The van der Waals surface area contributed by atoms with Crippen LogP contribution in [0.4, 0.5) is 17.6 Å². The molecule has 0 atom stereocenters. The average molecular weight is 469 g/mol. The van der Waals surface area contributed by atoms with Gasteiger partial charge in [0.1, 0.15) is 12.2 Å². The maximum atomic E-state index is 13.5. The average Bonchev–Trinajstić information content (AvgIpc) is 3.41. The van der Waals surface area contributed by atoms with Crippen LogP contribution in [0.2, 0.25) is 0 Å². The zero-order valence-corrected chi connectivity index (χ0v) is 17.8. The van der Waals surface area contributed by atoms with Crippen LogP contribution < -0.4 is 0 Å². The Labute approximate surface area is 184 Å². The van der Waals surface area contributed by atoms with E-state index in [4.69, 9.17) is 0 Å². The number of aryl methyl sites for hydroxylation is 1. The van der Waals surface area contributed by atoms with Gasteiger partial charge in [-0.15, -0.1) is 11.3 Å². The Kier molecular flexibility index (Phi) is 6.13. The lowest BCUT2D eigenvalue weighted by atomic mass is 10.1. The van der Waals surface area contributed by atoms with Gasteiger partial charge in [-0.25, -0.2) is 27.2 Å². The molecular formula is C20H19F4N5O2S. The number of aromatic nitrogens is 3. The maximum Gasteiger partial charge on any atom is 0.280 e. The molecule has 0 bridgehead atoms. The van der Waals surface area contributed by atoms with Crippen LogP contribution in [0.5, 0.6) is 0 Å². The van der Waals surface area contributed by atoms with E-state index < -0.39 is 24.1 Å². The van der Waals surface area contributed by atoms with Crippen LogP contribution >= 0.6 is 11.3 Å². The zero-order valence-electron chi connectivity index (χ0n) is 17.0. The number of nitrogens with zero attached hydrogens (tertiary/aromatic N) is 5. The van der Waals surface area contributed by atoms with Crippen molar-refractivity contribution in [3.8, 4) is 0 Å². The van der Waals surface area contributed by atoms with Gasteiger partial charge >= 0.3 is 0 Å². The molecule has 1 aliphatic rings. The third kappa shape index (κ3) is 4.18.